The fraction of sp³-hybridized carbons (Fsp3) is 0.211. The summed E-state index contributed by atoms with van der Waals surface area (Å²) in [5, 5.41) is 3.05. The maximum atomic E-state index is 12.9. The Hall–Kier alpha value is -1.93. The monoisotopic (exact) mass is 420 g/mol. The SMILES string of the molecule is O=S(=O)(c1ccc(-c2cccc(Cl)c2)cc1)N1CCC(Oc2nccs2)C1. The van der Waals surface area contributed by atoms with Crippen molar-refractivity contribution in [3.8, 4) is 16.3 Å². The molecule has 0 N–H and O–H groups in total. The predicted molar refractivity (Wildman–Crippen MR) is 107 cm³/mol. The van der Waals surface area contributed by atoms with Crippen LogP contribution < -0.4 is 4.74 Å². The van der Waals surface area contributed by atoms with Gasteiger partial charge in [0.15, 0.2) is 0 Å². The number of benzene rings is 2. The molecule has 1 saturated heterocycles. The fourth-order valence-corrected chi connectivity index (χ4v) is 5.29. The molecule has 5 nitrogen and oxygen atoms in total. The van der Waals surface area contributed by atoms with Gasteiger partial charge in [0, 0.05) is 23.1 Å². The van der Waals surface area contributed by atoms with Crippen molar-refractivity contribution in [3.63, 3.8) is 0 Å². The van der Waals surface area contributed by atoms with Crippen molar-refractivity contribution >= 4 is 33.0 Å². The van der Waals surface area contributed by atoms with E-state index in [2.05, 4.69) is 4.98 Å². The summed E-state index contributed by atoms with van der Waals surface area (Å²) in [6.45, 7) is 0.770. The number of nitrogens with zero attached hydrogens (tertiary/aromatic N) is 2. The smallest absolute Gasteiger partial charge is 0.273 e. The van der Waals surface area contributed by atoms with Crippen LogP contribution in [0.1, 0.15) is 6.42 Å². The molecular formula is C19H17ClN2O3S2. The predicted octanol–water partition coefficient (Wildman–Crippen LogP) is 4.31. The van der Waals surface area contributed by atoms with E-state index in [1.165, 1.54) is 15.6 Å². The number of thiazole rings is 1. The Balaban J connectivity index is 1.49. The molecule has 2 aromatic carbocycles. The van der Waals surface area contributed by atoms with Gasteiger partial charge in [0.25, 0.3) is 5.19 Å². The molecule has 1 aliphatic rings. The van der Waals surface area contributed by atoms with Gasteiger partial charge in [-0.05, 0) is 41.8 Å². The van der Waals surface area contributed by atoms with E-state index in [1.807, 2.05) is 29.6 Å². The van der Waals surface area contributed by atoms with E-state index in [9.17, 15) is 8.42 Å². The molecule has 0 radical (unpaired) electrons. The Morgan fingerprint density at radius 3 is 2.67 bits per heavy atom. The summed E-state index contributed by atoms with van der Waals surface area (Å²) in [7, 11) is -3.55. The van der Waals surface area contributed by atoms with Crippen LogP contribution in [0.2, 0.25) is 5.02 Å². The molecule has 0 amide bonds. The van der Waals surface area contributed by atoms with Crippen molar-refractivity contribution in [1.29, 1.82) is 0 Å². The van der Waals surface area contributed by atoms with E-state index < -0.39 is 10.0 Å². The zero-order valence-electron chi connectivity index (χ0n) is 14.3. The number of hydrogen-bond donors (Lipinski definition) is 0. The van der Waals surface area contributed by atoms with Crippen LogP contribution in [-0.4, -0.2) is 36.9 Å². The van der Waals surface area contributed by atoms with Crippen molar-refractivity contribution in [2.24, 2.45) is 0 Å². The number of aromatic nitrogens is 1. The number of ether oxygens (including phenoxy) is 1. The second-order valence-electron chi connectivity index (χ2n) is 6.22. The molecule has 0 spiro atoms. The molecule has 1 fully saturated rings. The summed E-state index contributed by atoms with van der Waals surface area (Å²) in [6, 6.07) is 14.4. The molecule has 0 bridgehead atoms. The second kappa shape index (κ2) is 7.59. The van der Waals surface area contributed by atoms with Gasteiger partial charge in [0.1, 0.15) is 6.10 Å². The van der Waals surface area contributed by atoms with E-state index in [4.69, 9.17) is 16.3 Å². The maximum absolute atomic E-state index is 12.9. The molecule has 8 heteroatoms. The maximum Gasteiger partial charge on any atom is 0.273 e. The number of sulfonamides is 1. The van der Waals surface area contributed by atoms with Gasteiger partial charge in [-0.1, -0.05) is 47.2 Å². The summed E-state index contributed by atoms with van der Waals surface area (Å²) in [5.74, 6) is 0. The molecule has 0 aliphatic carbocycles. The largest absolute Gasteiger partial charge is 0.465 e. The van der Waals surface area contributed by atoms with E-state index in [0.717, 1.165) is 11.1 Å². The molecule has 4 rings (SSSR count). The lowest BCUT2D eigenvalue weighted by atomic mass is 10.1. The Morgan fingerprint density at radius 2 is 1.96 bits per heavy atom. The minimum atomic E-state index is -3.55. The molecule has 3 aromatic rings. The molecule has 140 valence electrons. The highest BCUT2D eigenvalue weighted by Gasteiger charge is 2.34. The summed E-state index contributed by atoms with van der Waals surface area (Å²) in [4.78, 5) is 4.37. The van der Waals surface area contributed by atoms with Crippen molar-refractivity contribution in [3.05, 3.63) is 65.1 Å². The van der Waals surface area contributed by atoms with E-state index in [-0.39, 0.29) is 11.0 Å². The summed E-state index contributed by atoms with van der Waals surface area (Å²) in [5.41, 5.74) is 1.87. The first kappa shape index (κ1) is 18.4. The zero-order valence-corrected chi connectivity index (χ0v) is 16.7. The highest BCUT2D eigenvalue weighted by atomic mass is 35.5. The Bertz CT molecular complexity index is 1020. The van der Waals surface area contributed by atoms with Gasteiger partial charge in [0.2, 0.25) is 10.0 Å². The normalized spacial score (nSPS) is 17.9. The van der Waals surface area contributed by atoms with E-state index in [1.54, 1.807) is 30.5 Å². The molecule has 1 unspecified atom stereocenters. The van der Waals surface area contributed by atoms with Gasteiger partial charge in [0.05, 0.1) is 11.4 Å². The van der Waals surface area contributed by atoms with Gasteiger partial charge in [-0.3, -0.25) is 0 Å². The van der Waals surface area contributed by atoms with Gasteiger partial charge in [-0.2, -0.15) is 4.31 Å². The first-order valence-electron chi connectivity index (χ1n) is 8.45. The third-order valence-corrected chi connectivity index (χ3v) is 7.21. The lowest BCUT2D eigenvalue weighted by Crippen LogP contribution is -2.31. The van der Waals surface area contributed by atoms with Crippen LogP contribution in [0.4, 0.5) is 0 Å². The molecule has 0 saturated carbocycles. The molecule has 1 atom stereocenters. The number of hydrogen-bond acceptors (Lipinski definition) is 5. The van der Waals surface area contributed by atoms with Gasteiger partial charge >= 0.3 is 0 Å². The molecular weight excluding hydrogens is 404 g/mol. The van der Waals surface area contributed by atoms with Gasteiger partial charge in [-0.15, -0.1) is 0 Å². The number of rotatable bonds is 5. The van der Waals surface area contributed by atoms with Crippen LogP contribution in [-0.2, 0) is 10.0 Å². The Labute approximate surface area is 167 Å². The van der Waals surface area contributed by atoms with Crippen LogP contribution >= 0.6 is 22.9 Å². The highest BCUT2D eigenvalue weighted by Crippen LogP contribution is 2.28. The standard InChI is InChI=1S/C19H17ClN2O3S2/c20-16-3-1-2-15(12-16)14-4-6-18(7-5-14)27(23,24)22-10-8-17(13-22)25-19-21-9-11-26-19/h1-7,9,11-12,17H,8,10,13H2. The van der Waals surface area contributed by atoms with E-state index in [0.29, 0.717) is 29.7 Å². The molecule has 2 heterocycles. The van der Waals surface area contributed by atoms with Crippen molar-refractivity contribution in [2.45, 2.75) is 17.4 Å². The van der Waals surface area contributed by atoms with E-state index >= 15 is 0 Å². The topological polar surface area (TPSA) is 59.5 Å². The van der Waals surface area contributed by atoms with Crippen molar-refractivity contribution in [1.82, 2.24) is 9.29 Å². The summed E-state index contributed by atoms with van der Waals surface area (Å²) < 4.78 is 33.1. The molecule has 27 heavy (non-hydrogen) atoms. The highest BCUT2D eigenvalue weighted by molar-refractivity contribution is 7.89. The average Bonchev–Trinajstić information content (AvgIpc) is 3.35. The second-order valence-corrected chi connectivity index (χ2v) is 9.46. The summed E-state index contributed by atoms with van der Waals surface area (Å²) in [6.07, 6.45) is 2.15. The van der Waals surface area contributed by atoms with Crippen molar-refractivity contribution < 1.29 is 13.2 Å². The zero-order chi connectivity index (χ0) is 18.9. The van der Waals surface area contributed by atoms with Gasteiger partial charge in [-0.25, -0.2) is 13.4 Å². The van der Waals surface area contributed by atoms with Crippen LogP contribution in [0.3, 0.4) is 0 Å². The van der Waals surface area contributed by atoms with Crippen LogP contribution in [0, 0.1) is 0 Å². The van der Waals surface area contributed by atoms with Crippen molar-refractivity contribution in [2.75, 3.05) is 13.1 Å². The lowest BCUT2D eigenvalue weighted by molar-refractivity contribution is 0.214. The quantitative estimate of drug-likeness (QED) is 0.617. The molecule has 1 aromatic heterocycles. The average molecular weight is 421 g/mol. The Kier molecular flexibility index (Phi) is 5.19. The number of halogens is 1. The molecule has 1 aliphatic heterocycles. The van der Waals surface area contributed by atoms with Crippen LogP contribution in [0.25, 0.3) is 11.1 Å². The lowest BCUT2D eigenvalue weighted by Gasteiger charge is -2.17. The minimum Gasteiger partial charge on any atom is -0.465 e. The third-order valence-electron chi connectivity index (χ3n) is 4.43. The Morgan fingerprint density at radius 1 is 1.15 bits per heavy atom. The summed E-state index contributed by atoms with van der Waals surface area (Å²) >= 11 is 7.44. The first-order chi connectivity index (χ1) is 13.0. The minimum absolute atomic E-state index is 0.170. The first-order valence-corrected chi connectivity index (χ1v) is 11.1. The third kappa shape index (κ3) is 4.01. The van der Waals surface area contributed by atoms with Crippen LogP contribution in [0.5, 0.6) is 5.19 Å². The fourth-order valence-electron chi connectivity index (χ4n) is 3.06. The van der Waals surface area contributed by atoms with Crippen LogP contribution in [0.15, 0.2) is 65.0 Å². The van der Waals surface area contributed by atoms with Gasteiger partial charge < -0.3 is 4.74 Å².